The van der Waals surface area contributed by atoms with Gasteiger partial charge in [-0.2, -0.15) is 26.3 Å². The number of hydrogen-bond donors (Lipinski definition) is 1. The van der Waals surface area contributed by atoms with Crippen LogP contribution in [-0.2, 0) is 6.42 Å². The molecule has 1 aromatic rings. The number of nitrogens with two attached hydrogens (primary N) is 1. The highest BCUT2D eigenvalue weighted by molar-refractivity contribution is 5.27. The van der Waals surface area contributed by atoms with E-state index in [1.807, 2.05) is 6.92 Å². The maximum absolute atomic E-state index is 12.6. The molecule has 0 aliphatic carbocycles. The predicted molar refractivity (Wildman–Crippen MR) is 63.0 cm³/mol. The summed E-state index contributed by atoms with van der Waals surface area (Å²) in [6.07, 6.45) is -9.55. The van der Waals surface area contributed by atoms with Crippen molar-refractivity contribution in [2.24, 2.45) is 11.7 Å². The Labute approximate surface area is 112 Å². The van der Waals surface area contributed by atoms with Crippen LogP contribution in [0.25, 0.3) is 0 Å². The average molecular weight is 299 g/mol. The molecule has 0 spiro atoms. The van der Waals surface area contributed by atoms with E-state index in [0.717, 1.165) is 6.42 Å². The van der Waals surface area contributed by atoms with Crippen LogP contribution in [0.15, 0.2) is 24.3 Å². The first-order valence-electron chi connectivity index (χ1n) is 6.05. The lowest BCUT2D eigenvalue weighted by atomic mass is 9.91. The number of alkyl halides is 6. The Morgan fingerprint density at radius 3 is 2.05 bits per heavy atom. The van der Waals surface area contributed by atoms with Gasteiger partial charge in [0.05, 0.1) is 6.04 Å². The van der Waals surface area contributed by atoms with Crippen molar-refractivity contribution in [1.29, 1.82) is 0 Å². The van der Waals surface area contributed by atoms with E-state index in [1.54, 1.807) is 6.07 Å². The molecule has 20 heavy (non-hydrogen) atoms. The van der Waals surface area contributed by atoms with Gasteiger partial charge in [-0.05, 0) is 17.5 Å². The van der Waals surface area contributed by atoms with Crippen LogP contribution in [-0.4, -0.2) is 12.4 Å². The Kier molecular flexibility index (Phi) is 5.07. The van der Waals surface area contributed by atoms with Gasteiger partial charge in [0, 0.05) is 0 Å². The summed E-state index contributed by atoms with van der Waals surface area (Å²) in [4.78, 5) is 0. The number of hydrogen-bond acceptors (Lipinski definition) is 1. The highest BCUT2D eigenvalue weighted by Crippen LogP contribution is 2.45. The Morgan fingerprint density at radius 1 is 1.05 bits per heavy atom. The molecule has 114 valence electrons. The summed E-state index contributed by atoms with van der Waals surface area (Å²) in [7, 11) is 0. The summed E-state index contributed by atoms with van der Waals surface area (Å²) in [6, 6.07) is 3.40. The molecule has 1 aromatic carbocycles. The fourth-order valence-electron chi connectivity index (χ4n) is 2.03. The van der Waals surface area contributed by atoms with Crippen molar-refractivity contribution in [2.45, 2.75) is 38.2 Å². The molecule has 0 fully saturated rings. The lowest BCUT2D eigenvalue weighted by molar-refractivity contribution is -0.290. The third kappa shape index (κ3) is 4.13. The van der Waals surface area contributed by atoms with E-state index in [0.29, 0.717) is 12.0 Å². The van der Waals surface area contributed by atoms with Crippen LogP contribution < -0.4 is 5.73 Å². The van der Waals surface area contributed by atoms with Crippen LogP contribution in [0, 0.1) is 5.92 Å². The Morgan fingerprint density at radius 2 is 1.60 bits per heavy atom. The Hall–Kier alpha value is -1.24. The maximum Gasteiger partial charge on any atom is 0.402 e. The molecule has 0 bridgehead atoms. The zero-order chi connectivity index (χ0) is 15.6. The number of aryl methyl sites for hydroxylation is 1. The summed E-state index contributed by atoms with van der Waals surface area (Å²) in [6.45, 7) is 1.86. The second-order valence-electron chi connectivity index (χ2n) is 4.58. The van der Waals surface area contributed by atoms with Crippen molar-refractivity contribution in [1.82, 2.24) is 0 Å². The molecule has 0 aromatic heterocycles. The van der Waals surface area contributed by atoms with E-state index in [1.165, 1.54) is 18.2 Å². The van der Waals surface area contributed by atoms with Crippen molar-refractivity contribution in [3.63, 3.8) is 0 Å². The quantitative estimate of drug-likeness (QED) is 0.820. The van der Waals surface area contributed by atoms with Gasteiger partial charge in [-0.15, -0.1) is 0 Å². The molecule has 0 saturated carbocycles. The predicted octanol–water partition coefficient (Wildman–Crippen LogP) is 4.38. The van der Waals surface area contributed by atoms with Crippen LogP contribution in [0.3, 0.4) is 0 Å². The molecule has 1 rings (SSSR count). The molecule has 0 heterocycles. The van der Waals surface area contributed by atoms with Crippen LogP contribution in [0.5, 0.6) is 0 Å². The lowest BCUT2D eigenvalue weighted by Gasteiger charge is -2.28. The van der Waals surface area contributed by atoms with Crippen molar-refractivity contribution in [3.8, 4) is 0 Å². The van der Waals surface area contributed by atoms with E-state index < -0.39 is 24.3 Å². The normalized spacial score (nSPS) is 14.7. The minimum Gasteiger partial charge on any atom is -0.323 e. The highest BCUT2D eigenvalue weighted by Gasteiger charge is 2.59. The molecule has 0 amide bonds. The van der Waals surface area contributed by atoms with Gasteiger partial charge in [0.2, 0.25) is 0 Å². The zero-order valence-electron chi connectivity index (χ0n) is 10.7. The monoisotopic (exact) mass is 299 g/mol. The van der Waals surface area contributed by atoms with E-state index >= 15 is 0 Å². The summed E-state index contributed by atoms with van der Waals surface area (Å²) >= 11 is 0. The molecule has 0 saturated heterocycles. The molecule has 1 atom stereocenters. The first kappa shape index (κ1) is 16.8. The van der Waals surface area contributed by atoms with Gasteiger partial charge in [0.15, 0.2) is 5.92 Å². The van der Waals surface area contributed by atoms with E-state index in [-0.39, 0.29) is 5.56 Å². The zero-order valence-corrected chi connectivity index (χ0v) is 10.7. The second-order valence-corrected chi connectivity index (χ2v) is 4.58. The van der Waals surface area contributed by atoms with Gasteiger partial charge in [-0.1, -0.05) is 37.6 Å². The Balaban J connectivity index is 3.13. The molecule has 0 aliphatic rings. The van der Waals surface area contributed by atoms with Gasteiger partial charge in [0.25, 0.3) is 0 Å². The maximum atomic E-state index is 12.6. The van der Waals surface area contributed by atoms with Gasteiger partial charge in [0.1, 0.15) is 0 Å². The van der Waals surface area contributed by atoms with Gasteiger partial charge >= 0.3 is 12.4 Å². The fraction of sp³-hybridized carbons (Fsp3) is 0.538. The fourth-order valence-corrected chi connectivity index (χ4v) is 2.03. The van der Waals surface area contributed by atoms with Crippen molar-refractivity contribution in [2.75, 3.05) is 0 Å². The van der Waals surface area contributed by atoms with Crippen molar-refractivity contribution >= 4 is 0 Å². The third-order valence-corrected chi connectivity index (χ3v) is 2.94. The summed E-state index contributed by atoms with van der Waals surface area (Å²) < 4.78 is 75.6. The van der Waals surface area contributed by atoms with Crippen molar-refractivity contribution in [3.05, 3.63) is 35.4 Å². The van der Waals surface area contributed by atoms with Crippen LogP contribution >= 0.6 is 0 Å². The van der Waals surface area contributed by atoms with Gasteiger partial charge in [-0.3, -0.25) is 0 Å². The highest BCUT2D eigenvalue weighted by atomic mass is 19.4. The largest absolute Gasteiger partial charge is 0.402 e. The minimum atomic E-state index is -5.43. The van der Waals surface area contributed by atoms with E-state index in [9.17, 15) is 26.3 Å². The topological polar surface area (TPSA) is 26.0 Å². The molecule has 0 aliphatic heterocycles. The second kappa shape index (κ2) is 6.03. The number of halogens is 6. The third-order valence-electron chi connectivity index (χ3n) is 2.94. The first-order valence-corrected chi connectivity index (χ1v) is 6.05. The Bertz CT molecular complexity index is 423. The van der Waals surface area contributed by atoms with Crippen LogP contribution in [0.1, 0.15) is 30.5 Å². The average Bonchev–Trinajstić information content (AvgIpc) is 2.25. The molecular weight excluding hydrogens is 284 g/mol. The summed E-state index contributed by atoms with van der Waals surface area (Å²) in [5.41, 5.74) is 5.75. The standard InChI is InChI=1S/C13H15F6N/c1-2-4-8-5-3-6-9(7-8)10(20)11(12(14,15)16)13(17,18)19/h3,5-7,10-11H,2,4,20H2,1H3. The number of benzene rings is 1. The van der Waals surface area contributed by atoms with E-state index in [4.69, 9.17) is 5.73 Å². The first-order chi connectivity index (χ1) is 9.07. The molecule has 1 unspecified atom stereocenters. The smallest absolute Gasteiger partial charge is 0.323 e. The van der Waals surface area contributed by atoms with Gasteiger partial charge < -0.3 is 5.73 Å². The summed E-state index contributed by atoms with van der Waals surface area (Å²) in [5, 5.41) is 0. The number of rotatable bonds is 4. The van der Waals surface area contributed by atoms with Crippen LogP contribution in [0.2, 0.25) is 0 Å². The van der Waals surface area contributed by atoms with E-state index in [2.05, 4.69) is 0 Å². The molecule has 2 N–H and O–H groups in total. The SMILES string of the molecule is CCCc1cccc(C(N)C(C(F)(F)F)C(F)(F)F)c1. The summed E-state index contributed by atoms with van der Waals surface area (Å²) in [5.74, 6) is -3.56. The molecule has 7 heteroatoms. The molecule has 0 radical (unpaired) electrons. The van der Waals surface area contributed by atoms with Crippen molar-refractivity contribution < 1.29 is 26.3 Å². The molecule has 1 nitrogen and oxygen atoms in total. The van der Waals surface area contributed by atoms with Crippen LogP contribution in [0.4, 0.5) is 26.3 Å². The van der Waals surface area contributed by atoms with Gasteiger partial charge in [-0.25, -0.2) is 0 Å². The molecular formula is C13H15F6N. The minimum absolute atomic E-state index is 0.157. The lowest BCUT2D eigenvalue weighted by Crippen LogP contribution is -2.44.